The molecule has 0 unspecified atom stereocenters. The zero-order valence-corrected chi connectivity index (χ0v) is 9.79. The SMILES string of the molecule is Cc1cc(C(C)(C)C)c(C)cc1Cl. The third kappa shape index (κ3) is 2.25. The van der Waals surface area contributed by atoms with Crippen LogP contribution in [0.25, 0.3) is 0 Å². The molecule has 0 aliphatic rings. The van der Waals surface area contributed by atoms with Gasteiger partial charge in [0.2, 0.25) is 0 Å². The Morgan fingerprint density at radius 3 is 2.00 bits per heavy atom. The lowest BCUT2D eigenvalue weighted by Crippen LogP contribution is -2.13. The molecule has 0 aliphatic carbocycles. The number of hydrogen-bond donors (Lipinski definition) is 0. The molecule has 0 bridgehead atoms. The van der Waals surface area contributed by atoms with Gasteiger partial charge in [-0.05, 0) is 42.0 Å². The van der Waals surface area contributed by atoms with Crippen molar-refractivity contribution < 1.29 is 0 Å². The predicted molar refractivity (Wildman–Crippen MR) is 59.6 cm³/mol. The van der Waals surface area contributed by atoms with Crippen molar-refractivity contribution in [2.75, 3.05) is 0 Å². The quantitative estimate of drug-likeness (QED) is 0.582. The lowest BCUT2D eigenvalue weighted by molar-refractivity contribution is 0.585. The van der Waals surface area contributed by atoms with Gasteiger partial charge in [0.25, 0.3) is 0 Å². The molecular formula is C12H17Cl. The van der Waals surface area contributed by atoms with Crippen molar-refractivity contribution >= 4 is 11.6 Å². The van der Waals surface area contributed by atoms with Crippen molar-refractivity contribution in [3.05, 3.63) is 33.8 Å². The van der Waals surface area contributed by atoms with Crippen molar-refractivity contribution in [1.29, 1.82) is 0 Å². The molecule has 0 aliphatic heterocycles. The fraction of sp³-hybridized carbons (Fsp3) is 0.500. The summed E-state index contributed by atoms with van der Waals surface area (Å²) in [7, 11) is 0. The zero-order valence-electron chi connectivity index (χ0n) is 9.03. The number of benzene rings is 1. The second-order valence-electron chi connectivity index (χ2n) is 4.67. The Kier molecular flexibility index (Phi) is 2.72. The first-order chi connectivity index (χ1) is 5.82. The van der Waals surface area contributed by atoms with E-state index in [0.717, 1.165) is 10.6 Å². The van der Waals surface area contributed by atoms with E-state index >= 15 is 0 Å². The summed E-state index contributed by atoms with van der Waals surface area (Å²) < 4.78 is 0. The van der Waals surface area contributed by atoms with Gasteiger partial charge in [-0.15, -0.1) is 0 Å². The predicted octanol–water partition coefficient (Wildman–Crippen LogP) is 4.25. The van der Waals surface area contributed by atoms with Crippen molar-refractivity contribution in [3.8, 4) is 0 Å². The number of rotatable bonds is 0. The van der Waals surface area contributed by atoms with Gasteiger partial charge in [-0.2, -0.15) is 0 Å². The van der Waals surface area contributed by atoms with Crippen molar-refractivity contribution in [1.82, 2.24) is 0 Å². The minimum absolute atomic E-state index is 0.208. The molecule has 0 amide bonds. The zero-order chi connectivity index (χ0) is 10.2. The number of halogens is 1. The van der Waals surface area contributed by atoms with Crippen LogP contribution in [0.1, 0.15) is 37.5 Å². The maximum absolute atomic E-state index is 6.04. The first kappa shape index (κ1) is 10.6. The van der Waals surface area contributed by atoms with Crippen LogP contribution in [0, 0.1) is 13.8 Å². The minimum atomic E-state index is 0.208. The monoisotopic (exact) mass is 196 g/mol. The molecule has 0 fully saturated rings. The summed E-state index contributed by atoms with van der Waals surface area (Å²) in [5.74, 6) is 0. The van der Waals surface area contributed by atoms with E-state index in [9.17, 15) is 0 Å². The van der Waals surface area contributed by atoms with E-state index in [4.69, 9.17) is 11.6 Å². The summed E-state index contributed by atoms with van der Waals surface area (Å²) in [6.45, 7) is 10.8. The first-order valence-corrected chi connectivity index (χ1v) is 4.97. The molecule has 0 heterocycles. The fourth-order valence-corrected chi connectivity index (χ4v) is 1.81. The standard InChI is InChI=1S/C12H17Cl/c1-8-7-11(13)9(2)6-10(8)12(3,4)5/h6-7H,1-5H3. The molecular weight excluding hydrogens is 180 g/mol. The van der Waals surface area contributed by atoms with Gasteiger partial charge < -0.3 is 0 Å². The van der Waals surface area contributed by atoms with Crippen molar-refractivity contribution in [2.24, 2.45) is 0 Å². The average molecular weight is 197 g/mol. The van der Waals surface area contributed by atoms with E-state index in [1.807, 2.05) is 0 Å². The molecule has 1 heteroatoms. The Morgan fingerprint density at radius 2 is 1.54 bits per heavy atom. The Morgan fingerprint density at radius 1 is 1.00 bits per heavy atom. The highest BCUT2D eigenvalue weighted by Crippen LogP contribution is 2.29. The highest BCUT2D eigenvalue weighted by molar-refractivity contribution is 6.31. The van der Waals surface area contributed by atoms with Crippen LogP contribution in [0.5, 0.6) is 0 Å². The third-order valence-corrected chi connectivity index (χ3v) is 2.72. The van der Waals surface area contributed by atoms with Crippen LogP contribution >= 0.6 is 11.6 Å². The average Bonchev–Trinajstić information content (AvgIpc) is 1.94. The molecule has 0 aromatic heterocycles. The van der Waals surface area contributed by atoms with Gasteiger partial charge in [0.15, 0.2) is 0 Å². The van der Waals surface area contributed by atoms with E-state index in [-0.39, 0.29) is 5.41 Å². The van der Waals surface area contributed by atoms with Crippen LogP contribution < -0.4 is 0 Å². The highest BCUT2D eigenvalue weighted by Gasteiger charge is 2.16. The third-order valence-electron chi connectivity index (χ3n) is 2.31. The lowest BCUT2D eigenvalue weighted by atomic mass is 9.83. The van der Waals surface area contributed by atoms with E-state index < -0.39 is 0 Å². The van der Waals surface area contributed by atoms with Crippen molar-refractivity contribution in [2.45, 2.75) is 40.0 Å². The molecule has 1 rings (SSSR count). The highest BCUT2D eigenvalue weighted by atomic mass is 35.5. The second-order valence-corrected chi connectivity index (χ2v) is 5.07. The summed E-state index contributed by atoms with van der Waals surface area (Å²) in [6, 6.07) is 4.25. The molecule has 0 N–H and O–H groups in total. The topological polar surface area (TPSA) is 0 Å². The van der Waals surface area contributed by atoms with Crippen molar-refractivity contribution in [3.63, 3.8) is 0 Å². The summed E-state index contributed by atoms with van der Waals surface area (Å²) in [5, 5.41) is 0.866. The number of hydrogen-bond acceptors (Lipinski definition) is 0. The molecule has 0 radical (unpaired) electrons. The largest absolute Gasteiger partial charge is 0.0840 e. The van der Waals surface area contributed by atoms with Gasteiger partial charge >= 0.3 is 0 Å². The molecule has 0 saturated heterocycles. The van der Waals surface area contributed by atoms with Crippen LogP contribution in [0.2, 0.25) is 5.02 Å². The fourth-order valence-electron chi connectivity index (χ4n) is 1.59. The van der Waals surface area contributed by atoms with Gasteiger partial charge in [0, 0.05) is 5.02 Å². The van der Waals surface area contributed by atoms with Crippen LogP contribution in [0.4, 0.5) is 0 Å². The summed E-state index contributed by atoms with van der Waals surface area (Å²) in [6.07, 6.45) is 0. The van der Waals surface area contributed by atoms with E-state index in [1.54, 1.807) is 0 Å². The molecule has 1 aromatic carbocycles. The number of aryl methyl sites for hydroxylation is 2. The Labute approximate surface area is 85.9 Å². The summed E-state index contributed by atoms with van der Waals surface area (Å²) >= 11 is 6.04. The molecule has 13 heavy (non-hydrogen) atoms. The Balaban J connectivity index is 3.32. The molecule has 0 nitrogen and oxygen atoms in total. The Hall–Kier alpha value is -0.490. The van der Waals surface area contributed by atoms with E-state index in [2.05, 4.69) is 46.8 Å². The van der Waals surface area contributed by atoms with Gasteiger partial charge in [0.1, 0.15) is 0 Å². The van der Waals surface area contributed by atoms with Gasteiger partial charge in [-0.1, -0.05) is 38.4 Å². The van der Waals surface area contributed by atoms with E-state index in [0.29, 0.717) is 0 Å². The van der Waals surface area contributed by atoms with E-state index in [1.165, 1.54) is 11.1 Å². The Bertz CT molecular complexity index is 319. The molecule has 72 valence electrons. The van der Waals surface area contributed by atoms with Crippen LogP contribution in [-0.2, 0) is 5.41 Å². The van der Waals surface area contributed by atoms with Crippen LogP contribution in [0.3, 0.4) is 0 Å². The van der Waals surface area contributed by atoms with Gasteiger partial charge in [0.05, 0.1) is 0 Å². The van der Waals surface area contributed by atoms with Crippen LogP contribution in [0.15, 0.2) is 12.1 Å². The normalized spacial score (nSPS) is 11.8. The molecule has 1 aromatic rings. The smallest absolute Gasteiger partial charge is 0.0438 e. The van der Waals surface area contributed by atoms with Crippen LogP contribution in [-0.4, -0.2) is 0 Å². The summed E-state index contributed by atoms with van der Waals surface area (Å²) in [5.41, 5.74) is 4.04. The lowest BCUT2D eigenvalue weighted by Gasteiger charge is -2.22. The molecule has 0 saturated carbocycles. The molecule has 0 atom stereocenters. The minimum Gasteiger partial charge on any atom is -0.0840 e. The summed E-state index contributed by atoms with van der Waals surface area (Å²) in [4.78, 5) is 0. The second kappa shape index (κ2) is 3.34. The first-order valence-electron chi connectivity index (χ1n) is 4.59. The van der Waals surface area contributed by atoms with Gasteiger partial charge in [-0.25, -0.2) is 0 Å². The maximum Gasteiger partial charge on any atom is 0.0438 e. The molecule has 0 spiro atoms. The van der Waals surface area contributed by atoms with Gasteiger partial charge in [-0.3, -0.25) is 0 Å². The maximum atomic E-state index is 6.04.